The first-order valence-electron chi connectivity index (χ1n) is 10.5. The smallest absolute Gasteiger partial charge is 0.264 e. The molecule has 2 aromatic rings. The molecule has 0 aliphatic heterocycles. The molecule has 0 spiro atoms. The summed E-state index contributed by atoms with van der Waals surface area (Å²) in [5.41, 5.74) is 1.17. The van der Waals surface area contributed by atoms with Crippen LogP contribution in [0.15, 0.2) is 59.5 Å². The molecule has 1 amide bonds. The topological polar surface area (TPSA) is 57.7 Å². The summed E-state index contributed by atoms with van der Waals surface area (Å²) in [6.07, 6.45) is 5.67. The fraction of sp³-hybridized carbons (Fsp3) is 0.435. The molecule has 0 N–H and O–H groups in total. The number of benzene rings is 2. The van der Waals surface area contributed by atoms with Crippen molar-refractivity contribution in [3.05, 3.63) is 60.2 Å². The van der Waals surface area contributed by atoms with Gasteiger partial charge in [0.15, 0.2) is 0 Å². The first-order valence-corrected chi connectivity index (χ1v) is 11.9. The number of nitrogens with zero attached hydrogens (tertiary/aromatic N) is 2. The molecule has 3 rings (SSSR count). The van der Waals surface area contributed by atoms with Gasteiger partial charge in [0.25, 0.3) is 15.9 Å². The van der Waals surface area contributed by atoms with Gasteiger partial charge in [-0.2, -0.15) is 0 Å². The highest BCUT2D eigenvalue weighted by Crippen LogP contribution is 2.26. The number of amides is 1. The summed E-state index contributed by atoms with van der Waals surface area (Å²) in [6.45, 7) is 4.82. The molecule has 5 nitrogen and oxygen atoms in total. The third-order valence-electron chi connectivity index (χ3n) is 5.64. The number of rotatable bonds is 7. The van der Waals surface area contributed by atoms with E-state index in [0.717, 1.165) is 25.7 Å². The molecule has 29 heavy (non-hydrogen) atoms. The van der Waals surface area contributed by atoms with Crippen LogP contribution in [-0.2, 0) is 10.0 Å². The Morgan fingerprint density at radius 1 is 0.897 bits per heavy atom. The predicted octanol–water partition coefficient (Wildman–Crippen LogP) is 4.70. The van der Waals surface area contributed by atoms with Crippen LogP contribution in [0.5, 0.6) is 0 Å². The van der Waals surface area contributed by atoms with Crippen LogP contribution in [0.1, 0.15) is 56.3 Å². The lowest BCUT2D eigenvalue weighted by Crippen LogP contribution is -2.41. The highest BCUT2D eigenvalue weighted by molar-refractivity contribution is 7.92. The van der Waals surface area contributed by atoms with Gasteiger partial charge in [0.05, 0.1) is 10.6 Å². The van der Waals surface area contributed by atoms with E-state index < -0.39 is 10.0 Å². The first kappa shape index (κ1) is 21.4. The minimum atomic E-state index is -3.68. The molecule has 0 radical (unpaired) electrons. The lowest BCUT2D eigenvalue weighted by molar-refractivity contribution is 0.0648. The van der Waals surface area contributed by atoms with E-state index in [-0.39, 0.29) is 10.8 Å². The van der Waals surface area contributed by atoms with Gasteiger partial charge in [0.1, 0.15) is 0 Å². The van der Waals surface area contributed by atoms with Crippen molar-refractivity contribution in [2.45, 2.75) is 56.9 Å². The minimum absolute atomic E-state index is 0.0150. The number of anilines is 1. The van der Waals surface area contributed by atoms with E-state index in [1.165, 1.54) is 10.7 Å². The van der Waals surface area contributed by atoms with Crippen LogP contribution < -0.4 is 4.31 Å². The van der Waals surface area contributed by atoms with E-state index in [0.29, 0.717) is 30.4 Å². The number of carbonyl (C=O) groups excluding carboxylic acids is 1. The molecule has 1 saturated carbocycles. The van der Waals surface area contributed by atoms with Crippen molar-refractivity contribution in [3.63, 3.8) is 0 Å². The van der Waals surface area contributed by atoms with Crippen LogP contribution in [-0.4, -0.2) is 38.4 Å². The Bertz CT molecular complexity index is 905. The maximum Gasteiger partial charge on any atom is 0.264 e. The Hall–Kier alpha value is -2.34. The first-order chi connectivity index (χ1) is 14.0. The summed E-state index contributed by atoms with van der Waals surface area (Å²) in [4.78, 5) is 15.1. The Kier molecular flexibility index (Phi) is 6.96. The predicted molar refractivity (Wildman–Crippen MR) is 117 cm³/mol. The molecule has 0 unspecified atom stereocenters. The zero-order valence-corrected chi connectivity index (χ0v) is 18.1. The standard InChI is InChI=1S/C23H30N2O3S/c1-3-24(20-11-7-5-8-12-20)23(26)19-15-17-22(18-16-19)29(27,28)25(4-2)21-13-9-6-10-14-21/h6,9-10,13-18,20H,3-5,7-8,11-12H2,1-2H3. The van der Waals surface area contributed by atoms with Gasteiger partial charge in [0, 0.05) is 24.7 Å². The van der Waals surface area contributed by atoms with Crippen LogP contribution >= 0.6 is 0 Å². The van der Waals surface area contributed by atoms with E-state index in [4.69, 9.17) is 0 Å². The monoisotopic (exact) mass is 414 g/mol. The normalized spacial score (nSPS) is 15.1. The van der Waals surface area contributed by atoms with Crippen LogP contribution in [0.2, 0.25) is 0 Å². The summed E-state index contributed by atoms with van der Waals surface area (Å²) in [5, 5.41) is 0. The van der Waals surface area contributed by atoms with Crippen molar-refractivity contribution in [2.24, 2.45) is 0 Å². The molecule has 0 bridgehead atoms. The molecule has 0 atom stereocenters. The second kappa shape index (κ2) is 9.44. The summed E-state index contributed by atoms with van der Waals surface area (Å²) in [6, 6.07) is 15.7. The van der Waals surface area contributed by atoms with Gasteiger partial charge in [-0.3, -0.25) is 9.10 Å². The van der Waals surface area contributed by atoms with E-state index in [2.05, 4.69) is 0 Å². The van der Waals surface area contributed by atoms with Crippen LogP contribution in [0.4, 0.5) is 5.69 Å². The van der Waals surface area contributed by atoms with Gasteiger partial charge in [0.2, 0.25) is 0 Å². The van der Waals surface area contributed by atoms with Crippen molar-refractivity contribution in [1.29, 1.82) is 0 Å². The number of para-hydroxylation sites is 1. The average Bonchev–Trinajstić information content (AvgIpc) is 2.76. The zero-order chi connectivity index (χ0) is 20.9. The molecule has 1 fully saturated rings. The number of hydrogen-bond acceptors (Lipinski definition) is 3. The average molecular weight is 415 g/mol. The van der Waals surface area contributed by atoms with Crippen molar-refractivity contribution in [1.82, 2.24) is 4.90 Å². The van der Waals surface area contributed by atoms with E-state index >= 15 is 0 Å². The molecule has 1 aliphatic carbocycles. The van der Waals surface area contributed by atoms with Crippen molar-refractivity contribution < 1.29 is 13.2 Å². The lowest BCUT2D eigenvalue weighted by Gasteiger charge is -2.33. The van der Waals surface area contributed by atoms with E-state index in [1.54, 1.807) is 36.4 Å². The molecule has 156 valence electrons. The Morgan fingerprint density at radius 2 is 1.52 bits per heavy atom. The second-order valence-corrected chi connectivity index (χ2v) is 9.28. The molecular weight excluding hydrogens is 384 g/mol. The molecule has 0 aromatic heterocycles. The summed E-state index contributed by atoms with van der Waals surface area (Å²) in [5.74, 6) is -0.0150. The quantitative estimate of drug-likeness (QED) is 0.660. The second-order valence-electron chi connectivity index (χ2n) is 7.41. The maximum atomic E-state index is 13.1. The van der Waals surface area contributed by atoms with Gasteiger partial charge in [-0.25, -0.2) is 8.42 Å². The number of sulfonamides is 1. The van der Waals surface area contributed by atoms with Crippen LogP contribution in [0, 0.1) is 0 Å². The highest BCUT2D eigenvalue weighted by Gasteiger charge is 2.27. The fourth-order valence-electron chi connectivity index (χ4n) is 4.11. The van der Waals surface area contributed by atoms with Crippen LogP contribution in [0.3, 0.4) is 0 Å². The Labute approximate surface area is 174 Å². The van der Waals surface area contributed by atoms with Gasteiger partial charge in [-0.15, -0.1) is 0 Å². The highest BCUT2D eigenvalue weighted by atomic mass is 32.2. The molecular formula is C23H30N2O3S. The summed E-state index contributed by atoms with van der Waals surface area (Å²) >= 11 is 0. The fourth-order valence-corrected chi connectivity index (χ4v) is 5.58. The van der Waals surface area contributed by atoms with Crippen LogP contribution in [0.25, 0.3) is 0 Å². The van der Waals surface area contributed by atoms with E-state index in [1.807, 2.05) is 36.9 Å². The maximum absolute atomic E-state index is 13.1. The van der Waals surface area contributed by atoms with Gasteiger partial charge < -0.3 is 4.90 Å². The largest absolute Gasteiger partial charge is 0.336 e. The minimum Gasteiger partial charge on any atom is -0.336 e. The summed E-state index contributed by atoms with van der Waals surface area (Å²) in [7, 11) is -3.68. The molecule has 0 saturated heterocycles. The summed E-state index contributed by atoms with van der Waals surface area (Å²) < 4.78 is 27.6. The lowest BCUT2D eigenvalue weighted by atomic mass is 9.93. The molecule has 6 heteroatoms. The van der Waals surface area contributed by atoms with E-state index in [9.17, 15) is 13.2 Å². The van der Waals surface area contributed by atoms with Gasteiger partial charge >= 0.3 is 0 Å². The van der Waals surface area contributed by atoms with Crippen molar-refractivity contribution in [2.75, 3.05) is 17.4 Å². The number of hydrogen-bond donors (Lipinski definition) is 0. The molecule has 2 aromatic carbocycles. The van der Waals surface area contributed by atoms with Crippen molar-refractivity contribution >= 4 is 21.6 Å². The van der Waals surface area contributed by atoms with Gasteiger partial charge in [-0.05, 0) is 63.1 Å². The molecule has 0 heterocycles. The third kappa shape index (κ3) is 4.64. The Morgan fingerprint density at radius 3 is 2.07 bits per heavy atom. The molecule has 1 aliphatic rings. The zero-order valence-electron chi connectivity index (χ0n) is 17.3. The Balaban J connectivity index is 1.82. The van der Waals surface area contributed by atoms with Gasteiger partial charge in [-0.1, -0.05) is 37.5 Å². The SMILES string of the molecule is CCN(C(=O)c1ccc(S(=O)(=O)N(CC)c2ccccc2)cc1)C1CCCCC1. The third-order valence-corrected chi connectivity index (χ3v) is 7.55. The number of carbonyl (C=O) groups is 1. The van der Waals surface area contributed by atoms with Crippen molar-refractivity contribution in [3.8, 4) is 0 Å².